The Balaban J connectivity index is 1.80. The summed E-state index contributed by atoms with van der Waals surface area (Å²) in [6, 6.07) is 20.7. The number of esters is 1. The van der Waals surface area contributed by atoms with E-state index in [1.807, 2.05) is 42.5 Å². The molecule has 4 nitrogen and oxygen atoms in total. The van der Waals surface area contributed by atoms with E-state index >= 15 is 0 Å². The molecule has 0 aliphatic rings. The number of benzene rings is 3. The van der Waals surface area contributed by atoms with E-state index in [1.165, 1.54) is 0 Å². The highest BCUT2D eigenvalue weighted by Crippen LogP contribution is 2.20. The van der Waals surface area contributed by atoms with E-state index in [0.717, 1.165) is 16.3 Å². The van der Waals surface area contributed by atoms with Crippen LogP contribution in [0, 0.1) is 0 Å². The van der Waals surface area contributed by atoms with Gasteiger partial charge in [-0.2, -0.15) is 0 Å². The maximum absolute atomic E-state index is 12.5. The molecule has 3 rings (SSSR count). The lowest BCUT2D eigenvalue weighted by Gasteiger charge is -2.11. The molecule has 25 heavy (non-hydrogen) atoms. The highest BCUT2D eigenvalue weighted by molar-refractivity contribution is 6.02. The molecular formula is C21H19NO3. The zero-order chi connectivity index (χ0) is 17.6. The molecule has 0 bridgehead atoms. The number of hydrogen-bond acceptors (Lipinski definition) is 3. The van der Waals surface area contributed by atoms with Gasteiger partial charge in [0.25, 0.3) is 0 Å². The van der Waals surface area contributed by atoms with Crippen LogP contribution in [-0.4, -0.2) is 18.5 Å². The Morgan fingerprint density at radius 2 is 1.64 bits per heavy atom. The van der Waals surface area contributed by atoms with Crippen molar-refractivity contribution in [2.45, 2.75) is 13.3 Å². The predicted octanol–water partition coefficient (Wildman–Crippen LogP) is 4.20. The third-order valence-corrected chi connectivity index (χ3v) is 3.93. The lowest BCUT2D eigenvalue weighted by atomic mass is 10.0. The maximum atomic E-state index is 12.5. The average molecular weight is 333 g/mol. The third kappa shape index (κ3) is 3.86. The van der Waals surface area contributed by atoms with Crippen molar-refractivity contribution in [2.75, 3.05) is 11.9 Å². The van der Waals surface area contributed by atoms with Crippen LogP contribution in [-0.2, 0) is 16.0 Å². The Hall–Kier alpha value is -3.14. The molecule has 0 saturated carbocycles. The van der Waals surface area contributed by atoms with Crippen molar-refractivity contribution in [3.63, 3.8) is 0 Å². The van der Waals surface area contributed by atoms with E-state index in [-0.39, 0.29) is 18.9 Å². The van der Waals surface area contributed by atoms with Crippen LogP contribution in [0.1, 0.15) is 22.8 Å². The van der Waals surface area contributed by atoms with Crippen LogP contribution >= 0.6 is 0 Å². The van der Waals surface area contributed by atoms with Crippen molar-refractivity contribution in [3.05, 3.63) is 77.9 Å². The molecule has 3 aromatic carbocycles. The van der Waals surface area contributed by atoms with Crippen LogP contribution in [0.3, 0.4) is 0 Å². The maximum Gasteiger partial charge on any atom is 0.340 e. The van der Waals surface area contributed by atoms with Gasteiger partial charge in [0.2, 0.25) is 5.91 Å². The van der Waals surface area contributed by atoms with Crippen LogP contribution < -0.4 is 5.32 Å². The molecule has 0 radical (unpaired) electrons. The summed E-state index contributed by atoms with van der Waals surface area (Å²) in [5.41, 5.74) is 1.77. The van der Waals surface area contributed by atoms with Gasteiger partial charge in [-0.3, -0.25) is 4.79 Å². The van der Waals surface area contributed by atoms with Crippen molar-refractivity contribution in [3.8, 4) is 0 Å². The molecule has 1 N–H and O–H groups in total. The van der Waals surface area contributed by atoms with E-state index in [9.17, 15) is 9.59 Å². The summed E-state index contributed by atoms with van der Waals surface area (Å²) in [4.78, 5) is 24.5. The topological polar surface area (TPSA) is 55.4 Å². The standard InChI is InChI=1S/C21H19NO3/c1-2-25-21(24)18-12-5-6-13-19(18)22-20(23)14-16-10-7-9-15-8-3-4-11-17(15)16/h3-13H,2,14H2,1H3,(H,22,23). The summed E-state index contributed by atoms with van der Waals surface area (Å²) >= 11 is 0. The molecule has 0 saturated heterocycles. The molecule has 126 valence electrons. The molecule has 0 atom stereocenters. The van der Waals surface area contributed by atoms with Crippen molar-refractivity contribution in [2.24, 2.45) is 0 Å². The molecule has 3 aromatic rings. The molecule has 0 aliphatic carbocycles. The fourth-order valence-corrected chi connectivity index (χ4v) is 2.79. The first kappa shape index (κ1) is 16.7. The zero-order valence-electron chi connectivity index (χ0n) is 14.0. The van der Waals surface area contributed by atoms with Gasteiger partial charge in [-0.05, 0) is 35.4 Å². The van der Waals surface area contributed by atoms with E-state index in [0.29, 0.717) is 11.3 Å². The number of carbonyl (C=O) groups is 2. The SMILES string of the molecule is CCOC(=O)c1ccccc1NC(=O)Cc1cccc2ccccc12. The Kier molecular flexibility index (Phi) is 5.09. The summed E-state index contributed by atoms with van der Waals surface area (Å²) < 4.78 is 5.04. The summed E-state index contributed by atoms with van der Waals surface area (Å²) in [7, 11) is 0. The second-order valence-corrected chi connectivity index (χ2v) is 5.63. The first-order valence-corrected chi connectivity index (χ1v) is 8.21. The third-order valence-electron chi connectivity index (χ3n) is 3.93. The number of hydrogen-bond donors (Lipinski definition) is 1. The first-order valence-electron chi connectivity index (χ1n) is 8.21. The molecule has 0 aromatic heterocycles. The lowest BCUT2D eigenvalue weighted by molar-refractivity contribution is -0.115. The predicted molar refractivity (Wildman–Crippen MR) is 98.7 cm³/mol. The summed E-state index contributed by atoms with van der Waals surface area (Å²) in [6.45, 7) is 2.04. The van der Waals surface area contributed by atoms with Gasteiger partial charge in [-0.25, -0.2) is 4.79 Å². The number of nitrogens with one attached hydrogen (secondary N) is 1. The zero-order valence-corrected chi connectivity index (χ0v) is 14.0. The van der Waals surface area contributed by atoms with Gasteiger partial charge in [-0.15, -0.1) is 0 Å². The van der Waals surface area contributed by atoms with Gasteiger partial charge in [0.05, 0.1) is 24.3 Å². The lowest BCUT2D eigenvalue weighted by Crippen LogP contribution is -2.17. The van der Waals surface area contributed by atoms with Crippen LogP contribution in [0.5, 0.6) is 0 Å². The summed E-state index contributed by atoms with van der Waals surface area (Å²) in [6.07, 6.45) is 0.235. The molecular weight excluding hydrogens is 314 g/mol. The van der Waals surface area contributed by atoms with Crippen molar-refractivity contribution in [1.82, 2.24) is 0 Å². The Bertz CT molecular complexity index is 912. The van der Waals surface area contributed by atoms with Crippen LogP contribution in [0.4, 0.5) is 5.69 Å². The van der Waals surface area contributed by atoms with Gasteiger partial charge >= 0.3 is 5.97 Å². The van der Waals surface area contributed by atoms with Crippen LogP contribution in [0.25, 0.3) is 10.8 Å². The monoisotopic (exact) mass is 333 g/mol. The molecule has 0 aliphatic heterocycles. The van der Waals surface area contributed by atoms with Gasteiger partial charge in [0, 0.05) is 0 Å². The van der Waals surface area contributed by atoms with Gasteiger partial charge in [-0.1, -0.05) is 54.6 Å². The fraction of sp³-hybridized carbons (Fsp3) is 0.143. The molecule has 0 heterocycles. The Morgan fingerprint density at radius 3 is 2.48 bits per heavy atom. The van der Waals surface area contributed by atoms with Crippen LogP contribution in [0.2, 0.25) is 0 Å². The largest absolute Gasteiger partial charge is 0.462 e. The number of para-hydroxylation sites is 1. The van der Waals surface area contributed by atoms with E-state index < -0.39 is 5.97 Å². The Labute approximate surface area is 146 Å². The highest BCUT2D eigenvalue weighted by Gasteiger charge is 2.14. The van der Waals surface area contributed by atoms with Crippen molar-refractivity contribution >= 4 is 28.3 Å². The normalized spacial score (nSPS) is 10.4. The quantitative estimate of drug-likeness (QED) is 0.712. The minimum absolute atomic E-state index is 0.173. The van der Waals surface area contributed by atoms with E-state index in [1.54, 1.807) is 31.2 Å². The number of carbonyl (C=O) groups excluding carboxylic acids is 2. The molecule has 4 heteroatoms. The van der Waals surface area contributed by atoms with Crippen molar-refractivity contribution < 1.29 is 14.3 Å². The fourth-order valence-electron chi connectivity index (χ4n) is 2.79. The minimum atomic E-state index is -0.441. The minimum Gasteiger partial charge on any atom is -0.462 e. The number of ether oxygens (including phenoxy) is 1. The molecule has 0 unspecified atom stereocenters. The number of anilines is 1. The van der Waals surface area contributed by atoms with Gasteiger partial charge in [0.15, 0.2) is 0 Å². The molecule has 0 fully saturated rings. The summed E-state index contributed by atoms with van der Waals surface area (Å²) in [5.74, 6) is -0.614. The number of fused-ring (bicyclic) bond motifs is 1. The second-order valence-electron chi connectivity index (χ2n) is 5.63. The van der Waals surface area contributed by atoms with E-state index in [4.69, 9.17) is 4.74 Å². The van der Waals surface area contributed by atoms with E-state index in [2.05, 4.69) is 5.32 Å². The Morgan fingerprint density at radius 1 is 0.920 bits per heavy atom. The average Bonchev–Trinajstić information content (AvgIpc) is 2.62. The highest BCUT2D eigenvalue weighted by atomic mass is 16.5. The number of rotatable bonds is 5. The number of amides is 1. The first-order chi connectivity index (χ1) is 12.2. The molecule has 0 spiro atoms. The smallest absolute Gasteiger partial charge is 0.340 e. The van der Waals surface area contributed by atoms with Crippen molar-refractivity contribution in [1.29, 1.82) is 0 Å². The van der Waals surface area contributed by atoms with Gasteiger partial charge in [0.1, 0.15) is 0 Å². The van der Waals surface area contributed by atoms with Gasteiger partial charge < -0.3 is 10.1 Å². The van der Waals surface area contributed by atoms with Crippen LogP contribution in [0.15, 0.2) is 66.7 Å². The second kappa shape index (κ2) is 7.62. The summed E-state index contributed by atoms with van der Waals surface area (Å²) in [5, 5.41) is 4.97. The molecule has 1 amide bonds.